The van der Waals surface area contributed by atoms with Gasteiger partial charge in [0.15, 0.2) is 6.10 Å². The fourth-order valence-electron chi connectivity index (χ4n) is 3.81. The second kappa shape index (κ2) is 9.32. The number of rotatable bonds is 6. The number of hydrogen-bond acceptors (Lipinski definition) is 8. The second-order valence-electron chi connectivity index (χ2n) is 8.02. The van der Waals surface area contributed by atoms with E-state index >= 15 is 0 Å². The van der Waals surface area contributed by atoms with Gasteiger partial charge in [-0.15, -0.1) is 0 Å². The van der Waals surface area contributed by atoms with Gasteiger partial charge < -0.3 is 25.4 Å². The molecule has 1 unspecified atom stereocenters. The molecule has 12 heteroatoms. The first kappa shape index (κ1) is 22.9. The van der Waals surface area contributed by atoms with E-state index in [1.807, 2.05) is 0 Å². The molecule has 4 N–H and O–H groups in total. The van der Waals surface area contributed by atoms with Crippen molar-refractivity contribution in [2.75, 3.05) is 10.6 Å². The molecule has 1 aliphatic carbocycles. The number of nitrogens with one attached hydrogen (secondary N) is 2. The van der Waals surface area contributed by atoms with Crippen molar-refractivity contribution in [1.29, 1.82) is 0 Å². The Morgan fingerprint density at radius 1 is 1.18 bits per heavy atom. The van der Waals surface area contributed by atoms with Crippen LogP contribution in [0.4, 0.5) is 30.6 Å². The molecule has 1 atom stereocenters. The van der Waals surface area contributed by atoms with Crippen LogP contribution >= 0.6 is 0 Å². The van der Waals surface area contributed by atoms with Crippen LogP contribution in [-0.4, -0.2) is 54.2 Å². The zero-order chi connectivity index (χ0) is 23.6. The van der Waals surface area contributed by atoms with Gasteiger partial charge in [-0.1, -0.05) is 0 Å². The lowest BCUT2D eigenvalue weighted by Crippen LogP contribution is -2.36. The van der Waals surface area contributed by atoms with Crippen LogP contribution in [0.1, 0.15) is 25.7 Å². The third kappa shape index (κ3) is 5.40. The summed E-state index contributed by atoms with van der Waals surface area (Å²) in [5.41, 5.74) is -0.701. The smallest absolute Gasteiger partial charge is 0.393 e. The van der Waals surface area contributed by atoms with E-state index in [9.17, 15) is 28.2 Å². The number of nitrogens with zero attached hydrogens (tertiary/aromatic N) is 4. The summed E-state index contributed by atoms with van der Waals surface area (Å²) < 4.78 is 39.3. The molecular formula is C21H23F3N6O3. The Morgan fingerprint density at radius 3 is 2.61 bits per heavy atom. The van der Waals surface area contributed by atoms with Gasteiger partial charge in [0.1, 0.15) is 17.5 Å². The average Bonchev–Trinajstić information content (AvgIpc) is 2.77. The van der Waals surface area contributed by atoms with E-state index in [0.29, 0.717) is 42.7 Å². The molecule has 3 aromatic heterocycles. The number of hydrogen-bond donors (Lipinski definition) is 4. The Kier molecular flexibility index (Phi) is 6.47. The molecule has 0 radical (unpaired) electrons. The fraction of sp³-hybridized carbons (Fsp3) is 0.429. The van der Waals surface area contributed by atoms with Crippen LogP contribution in [0.2, 0.25) is 0 Å². The molecule has 1 saturated carbocycles. The maximum absolute atomic E-state index is 13.1. The SMILES string of the molecule is O=c1c2c(N[C@H]3CC[C@@H](O)CC3)nc(Nc3cnccn3)cc2ccn1CC(O)C(F)(F)F. The van der Waals surface area contributed by atoms with Gasteiger partial charge in [0, 0.05) is 24.6 Å². The Labute approximate surface area is 186 Å². The van der Waals surface area contributed by atoms with Crippen LogP contribution in [0, 0.1) is 0 Å². The highest BCUT2D eigenvalue weighted by Crippen LogP contribution is 2.28. The highest BCUT2D eigenvalue weighted by molar-refractivity contribution is 5.93. The molecule has 0 aromatic carbocycles. The van der Waals surface area contributed by atoms with Crippen LogP contribution < -0.4 is 16.2 Å². The highest BCUT2D eigenvalue weighted by Gasteiger charge is 2.38. The number of halogens is 3. The number of pyridine rings is 2. The summed E-state index contributed by atoms with van der Waals surface area (Å²) in [6, 6.07) is 3.02. The molecule has 1 fully saturated rings. The third-order valence-electron chi connectivity index (χ3n) is 5.56. The third-order valence-corrected chi connectivity index (χ3v) is 5.56. The Bertz CT molecular complexity index is 1160. The van der Waals surface area contributed by atoms with Gasteiger partial charge in [-0.3, -0.25) is 9.78 Å². The molecular weight excluding hydrogens is 441 g/mol. The molecule has 3 aromatic rings. The average molecular weight is 464 g/mol. The van der Waals surface area contributed by atoms with E-state index in [1.165, 1.54) is 30.9 Å². The zero-order valence-electron chi connectivity index (χ0n) is 17.5. The van der Waals surface area contributed by atoms with Crippen molar-refractivity contribution < 1.29 is 23.4 Å². The monoisotopic (exact) mass is 464 g/mol. The van der Waals surface area contributed by atoms with Crippen LogP contribution in [0.25, 0.3) is 10.8 Å². The summed E-state index contributed by atoms with van der Waals surface area (Å²) in [6.07, 6.45) is 0.325. The van der Waals surface area contributed by atoms with Gasteiger partial charge in [-0.25, -0.2) is 9.97 Å². The number of aromatic nitrogens is 4. The number of aliphatic hydroxyl groups excluding tert-OH is 2. The standard InChI is InChI=1S/C21H23F3N6O3/c22-21(23,24)15(32)11-30-8-5-12-9-16(28-17-10-25-6-7-26-17)29-19(18(12)20(30)33)27-13-1-3-14(31)4-2-13/h5-10,13-15,31-32H,1-4,11H2,(H2,26,27,28,29)/t13-,14+,15?. The summed E-state index contributed by atoms with van der Waals surface area (Å²) in [5.74, 6) is 1.01. The predicted octanol–water partition coefficient (Wildman–Crippen LogP) is 2.57. The van der Waals surface area contributed by atoms with Crippen molar-refractivity contribution >= 4 is 28.2 Å². The summed E-state index contributed by atoms with van der Waals surface area (Å²) >= 11 is 0. The van der Waals surface area contributed by atoms with Gasteiger partial charge in [0.2, 0.25) is 0 Å². The van der Waals surface area contributed by atoms with E-state index in [0.717, 1.165) is 4.57 Å². The Hall–Kier alpha value is -3.25. The molecule has 0 aliphatic heterocycles. The maximum atomic E-state index is 13.1. The van der Waals surface area contributed by atoms with E-state index in [1.54, 1.807) is 6.07 Å². The molecule has 3 heterocycles. The summed E-state index contributed by atoms with van der Waals surface area (Å²) in [5, 5.41) is 26.0. The van der Waals surface area contributed by atoms with Crippen molar-refractivity contribution in [2.24, 2.45) is 0 Å². The number of fused-ring (bicyclic) bond motifs is 1. The number of aliphatic hydroxyl groups is 2. The lowest BCUT2D eigenvalue weighted by atomic mass is 9.93. The van der Waals surface area contributed by atoms with Gasteiger partial charge in [-0.05, 0) is 43.2 Å². The van der Waals surface area contributed by atoms with Crippen LogP contribution in [0.15, 0.2) is 41.7 Å². The van der Waals surface area contributed by atoms with Gasteiger partial charge in [0.05, 0.1) is 24.2 Å². The van der Waals surface area contributed by atoms with Crippen molar-refractivity contribution in [3.63, 3.8) is 0 Å². The Balaban J connectivity index is 1.74. The van der Waals surface area contributed by atoms with Gasteiger partial charge in [0.25, 0.3) is 5.56 Å². The summed E-state index contributed by atoms with van der Waals surface area (Å²) in [6.45, 7) is -0.924. The first-order valence-electron chi connectivity index (χ1n) is 10.5. The fourth-order valence-corrected chi connectivity index (χ4v) is 3.81. The Morgan fingerprint density at radius 2 is 1.94 bits per heavy atom. The van der Waals surface area contributed by atoms with Crippen LogP contribution in [-0.2, 0) is 6.54 Å². The first-order chi connectivity index (χ1) is 15.7. The lowest BCUT2D eigenvalue weighted by Gasteiger charge is -2.27. The van der Waals surface area contributed by atoms with E-state index in [4.69, 9.17) is 0 Å². The molecule has 1 aliphatic rings. The van der Waals surface area contributed by atoms with Crippen LogP contribution in [0.5, 0.6) is 0 Å². The normalized spacial score (nSPS) is 19.9. The number of anilines is 3. The van der Waals surface area contributed by atoms with Crippen molar-refractivity contribution in [3.05, 3.63) is 47.3 Å². The van der Waals surface area contributed by atoms with Gasteiger partial charge in [-0.2, -0.15) is 13.2 Å². The van der Waals surface area contributed by atoms with Gasteiger partial charge >= 0.3 is 6.18 Å². The van der Waals surface area contributed by atoms with E-state index < -0.39 is 24.4 Å². The first-order valence-corrected chi connectivity index (χ1v) is 10.5. The summed E-state index contributed by atoms with van der Waals surface area (Å²) in [7, 11) is 0. The maximum Gasteiger partial charge on any atom is 0.416 e. The van der Waals surface area contributed by atoms with Crippen molar-refractivity contribution in [3.8, 4) is 0 Å². The van der Waals surface area contributed by atoms with Crippen molar-refractivity contribution in [1.82, 2.24) is 19.5 Å². The second-order valence-corrected chi connectivity index (χ2v) is 8.02. The molecule has 0 spiro atoms. The molecule has 0 amide bonds. The van der Waals surface area contributed by atoms with E-state index in [-0.39, 0.29) is 23.3 Å². The largest absolute Gasteiger partial charge is 0.416 e. The number of alkyl halides is 3. The lowest BCUT2D eigenvalue weighted by molar-refractivity contribution is -0.207. The topological polar surface area (TPSA) is 125 Å². The summed E-state index contributed by atoms with van der Waals surface area (Å²) in [4.78, 5) is 25.7. The minimum absolute atomic E-state index is 0.0651. The molecule has 0 saturated heterocycles. The van der Waals surface area contributed by atoms with Crippen molar-refractivity contribution in [2.45, 2.75) is 56.7 Å². The highest BCUT2D eigenvalue weighted by atomic mass is 19.4. The van der Waals surface area contributed by atoms with E-state index in [2.05, 4.69) is 25.6 Å². The minimum Gasteiger partial charge on any atom is -0.393 e. The predicted molar refractivity (Wildman–Crippen MR) is 115 cm³/mol. The quantitative estimate of drug-likeness (QED) is 0.439. The zero-order valence-corrected chi connectivity index (χ0v) is 17.5. The minimum atomic E-state index is -4.85. The molecule has 176 valence electrons. The van der Waals surface area contributed by atoms with Crippen LogP contribution in [0.3, 0.4) is 0 Å². The molecule has 9 nitrogen and oxygen atoms in total. The molecule has 0 bridgehead atoms. The molecule has 4 rings (SSSR count). The molecule has 33 heavy (non-hydrogen) atoms.